The van der Waals surface area contributed by atoms with E-state index in [4.69, 9.17) is 15.6 Å². The summed E-state index contributed by atoms with van der Waals surface area (Å²) in [6.07, 6.45) is 2.20. The van der Waals surface area contributed by atoms with Gasteiger partial charge in [0, 0.05) is 29.9 Å². The number of hydrogen-bond acceptors (Lipinski definition) is 4. The normalized spacial score (nSPS) is 14.9. The van der Waals surface area contributed by atoms with E-state index in [0.717, 1.165) is 11.4 Å². The van der Waals surface area contributed by atoms with Gasteiger partial charge in [-0.3, -0.25) is 4.98 Å². The fraction of sp³-hybridized carbons (Fsp3) is 0.500. The fourth-order valence-electron chi connectivity index (χ4n) is 1.15. The average molecular weight is 196 g/mol. The van der Waals surface area contributed by atoms with E-state index in [1.807, 2.05) is 6.07 Å². The van der Waals surface area contributed by atoms with E-state index in [0.29, 0.717) is 6.42 Å². The van der Waals surface area contributed by atoms with E-state index < -0.39 is 5.54 Å². The van der Waals surface area contributed by atoms with Crippen LogP contribution in [0.4, 0.5) is 0 Å². The van der Waals surface area contributed by atoms with Crippen LogP contribution in [0.5, 0.6) is 5.75 Å². The van der Waals surface area contributed by atoms with Gasteiger partial charge in [-0.2, -0.15) is 0 Å². The highest BCUT2D eigenvalue weighted by Gasteiger charge is 2.18. The van der Waals surface area contributed by atoms with Crippen LogP contribution in [-0.2, 0) is 6.42 Å². The zero-order chi connectivity index (χ0) is 10.6. The Hall–Kier alpha value is -1.13. The molecular formula is C10H16N2O2. The molecule has 0 saturated heterocycles. The van der Waals surface area contributed by atoms with Crippen LogP contribution in [0.2, 0.25) is 0 Å². The molecule has 0 amide bonds. The van der Waals surface area contributed by atoms with Crippen LogP contribution in [0.15, 0.2) is 18.3 Å². The highest BCUT2D eigenvalue weighted by atomic mass is 16.5. The summed E-state index contributed by atoms with van der Waals surface area (Å²) in [6, 6.07) is 3.59. The molecule has 4 heteroatoms. The number of ether oxygens (including phenoxy) is 1. The minimum absolute atomic E-state index is 0.0636. The number of nitrogens with two attached hydrogens (primary N) is 1. The van der Waals surface area contributed by atoms with Crippen LogP contribution in [0.25, 0.3) is 0 Å². The lowest BCUT2D eigenvalue weighted by molar-refractivity contribution is 0.207. The van der Waals surface area contributed by atoms with Crippen LogP contribution in [0.3, 0.4) is 0 Å². The molecule has 3 N–H and O–H groups in total. The molecule has 0 aromatic carbocycles. The SMILES string of the molecule is COc1ccnc(CC(C)(N)CO)c1. The molecule has 1 atom stereocenters. The van der Waals surface area contributed by atoms with Crippen molar-refractivity contribution in [3.63, 3.8) is 0 Å². The minimum atomic E-state index is -0.626. The Morgan fingerprint density at radius 2 is 2.36 bits per heavy atom. The summed E-state index contributed by atoms with van der Waals surface area (Å²) in [6.45, 7) is 1.72. The number of pyridine rings is 1. The van der Waals surface area contributed by atoms with Gasteiger partial charge in [0.05, 0.1) is 13.7 Å². The molecule has 1 unspecified atom stereocenters. The average Bonchev–Trinajstić information content (AvgIpc) is 2.17. The molecule has 0 spiro atoms. The van der Waals surface area contributed by atoms with Gasteiger partial charge in [-0.05, 0) is 13.0 Å². The summed E-state index contributed by atoms with van der Waals surface area (Å²) in [5.41, 5.74) is 6.01. The maximum absolute atomic E-state index is 9.00. The lowest BCUT2D eigenvalue weighted by Crippen LogP contribution is -2.42. The highest BCUT2D eigenvalue weighted by molar-refractivity contribution is 5.23. The van der Waals surface area contributed by atoms with Gasteiger partial charge < -0.3 is 15.6 Å². The van der Waals surface area contributed by atoms with Crippen molar-refractivity contribution >= 4 is 0 Å². The smallest absolute Gasteiger partial charge is 0.122 e. The molecule has 4 nitrogen and oxygen atoms in total. The van der Waals surface area contributed by atoms with Crippen LogP contribution in [0, 0.1) is 0 Å². The van der Waals surface area contributed by atoms with E-state index in [1.165, 1.54) is 0 Å². The lowest BCUT2D eigenvalue weighted by atomic mass is 9.98. The molecule has 0 fully saturated rings. The van der Waals surface area contributed by atoms with Crippen molar-refractivity contribution in [2.75, 3.05) is 13.7 Å². The molecule has 0 aliphatic carbocycles. The molecule has 1 aromatic rings. The van der Waals surface area contributed by atoms with Crippen molar-refractivity contribution in [3.05, 3.63) is 24.0 Å². The van der Waals surface area contributed by atoms with Crippen molar-refractivity contribution < 1.29 is 9.84 Å². The van der Waals surface area contributed by atoms with Gasteiger partial charge in [-0.1, -0.05) is 0 Å². The molecular weight excluding hydrogens is 180 g/mol. The molecule has 0 radical (unpaired) electrons. The summed E-state index contributed by atoms with van der Waals surface area (Å²) in [4.78, 5) is 4.15. The second-order valence-corrected chi connectivity index (χ2v) is 3.68. The lowest BCUT2D eigenvalue weighted by Gasteiger charge is -2.20. The molecule has 1 heterocycles. The minimum Gasteiger partial charge on any atom is -0.497 e. The van der Waals surface area contributed by atoms with Crippen molar-refractivity contribution in [1.29, 1.82) is 0 Å². The van der Waals surface area contributed by atoms with Crippen LogP contribution < -0.4 is 10.5 Å². The van der Waals surface area contributed by atoms with E-state index >= 15 is 0 Å². The Morgan fingerprint density at radius 1 is 1.64 bits per heavy atom. The number of aliphatic hydroxyl groups is 1. The molecule has 1 aromatic heterocycles. The molecule has 1 rings (SSSR count). The maximum Gasteiger partial charge on any atom is 0.122 e. The van der Waals surface area contributed by atoms with Crippen molar-refractivity contribution in [3.8, 4) is 5.75 Å². The Balaban J connectivity index is 2.76. The molecule has 78 valence electrons. The van der Waals surface area contributed by atoms with Crippen molar-refractivity contribution in [2.45, 2.75) is 18.9 Å². The summed E-state index contributed by atoms with van der Waals surface area (Å²) in [7, 11) is 1.60. The Morgan fingerprint density at radius 3 is 2.93 bits per heavy atom. The monoisotopic (exact) mass is 196 g/mol. The standard InChI is InChI=1S/C10H16N2O2/c1-10(11,7-13)6-8-5-9(14-2)3-4-12-8/h3-5,13H,6-7,11H2,1-2H3. The quantitative estimate of drug-likeness (QED) is 0.728. The predicted octanol–water partition coefficient (Wildman–Crippen LogP) is 0.342. The number of aromatic nitrogens is 1. The van der Waals surface area contributed by atoms with Gasteiger partial charge in [0.25, 0.3) is 0 Å². The number of methoxy groups -OCH3 is 1. The highest BCUT2D eigenvalue weighted by Crippen LogP contribution is 2.14. The van der Waals surface area contributed by atoms with Gasteiger partial charge in [0.15, 0.2) is 0 Å². The number of rotatable bonds is 4. The number of nitrogens with zero attached hydrogens (tertiary/aromatic N) is 1. The fourth-order valence-corrected chi connectivity index (χ4v) is 1.15. The summed E-state index contributed by atoms with van der Waals surface area (Å²) >= 11 is 0. The molecule has 14 heavy (non-hydrogen) atoms. The Kier molecular flexibility index (Phi) is 3.43. The predicted molar refractivity (Wildman–Crippen MR) is 54.2 cm³/mol. The summed E-state index contributed by atoms with van der Waals surface area (Å²) < 4.78 is 5.06. The van der Waals surface area contributed by atoms with Crippen LogP contribution >= 0.6 is 0 Å². The second kappa shape index (κ2) is 4.39. The second-order valence-electron chi connectivity index (χ2n) is 3.68. The number of aliphatic hydroxyl groups excluding tert-OH is 1. The molecule has 0 aliphatic rings. The van der Waals surface area contributed by atoms with Crippen molar-refractivity contribution in [1.82, 2.24) is 4.98 Å². The first-order valence-corrected chi connectivity index (χ1v) is 4.46. The molecule has 0 aliphatic heterocycles. The first-order chi connectivity index (χ1) is 6.57. The van der Waals surface area contributed by atoms with Gasteiger partial charge in [0.2, 0.25) is 0 Å². The third kappa shape index (κ3) is 2.97. The molecule has 0 saturated carbocycles. The van der Waals surface area contributed by atoms with E-state index in [1.54, 1.807) is 26.3 Å². The van der Waals surface area contributed by atoms with E-state index in [-0.39, 0.29) is 6.61 Å². The Bertz CT molecular complexity index is 300. The largest absolute Gasteiger partial charge is 0.497 e. The first-order valence-electron chi connectivity index (χ1n) is 4.46. The maximum atomic E-state index is 9.00. The van der Waals surface area contributed by atoms with Gasteiger partial charge >= 0.3 is 0 Å². The summed E-state index contributed by atoms with van der Waals surface area (Å²) in [5, 5.41) is 9.00. The van der Waals surface area contributed by atoms with Crippen LogP contribution in [-0.4, -0.2) is 29.3 Å². The van der Waals surface area contributed by atoms with Gasteiger partial charge in [0.1, 0.15) is 5.75 Å². The van der Waals surface area contributed by atoms with Gasteiger partial charge in [-0.25, -0.2) is 0 Å². The van der Waals surface area contributed by atoms with E-state index in [2.05, 4.69) is 4.98 Å². The zero-order valence-electron chi connectivity index (χ0n) is 8.53. The third-order valence-corrected chi connectivity index (χ3v) is 1.97. The Labute approximate surface area is 83.7 Å². The topological polar surface area (TPSA) is 68.4 Å². The van der Waals surface area contributed by atoms with Crippen molar-refractivity contribution in [2.24, 2.45) is 5.73 Å². The number of hydrogen-bond donors (Lipinski definition) is 2. The summed E-state index contributed by atoms with van der Waals surface area (Å²) in [5.74, 6) is 0.753. The first kappa shape index (κ1) is 10.9. The van der Waals surface area contributed by atoms with Gasteiger partial charge in [-0.15, -0.1) is 0 Å². The third-order valence-electron chi connectivity index (χ3n) is 1.97. The molecule has 0 bridgehead atoms. The zero-order valence-corrected chi connectivity index (χ0v) is 8.53. The van der Waals surface area contributed by atoms with E-state index in [9.17, 15) is 0 Å². The van der Waals surface area contributed by atoms with Crippen LogP contribution in [0.1, 0.15) is 12.6 Å².